The molecule has 1 aliphatic rings. The second kappa shape index (κ2) is 3.38. The van der Waals surface area contributed by atoms with Gasteiger partial charge in [-0.2, -0.15) is 5.10 Å². The van der Waals surface area contributed by atoms with E-state index in [0.717, 1.165) is 0 Å². The SMILES string of the molecule is Cn1ncc(-c2cc3c(cc2F)OCO3)c1N. The topological polar surface area (TPSA) is 62.3 Å². The molecule has 6 heteroatoms. The smallest absolute Gasteiger partial charge is 0.231 e. The minimum atomic E-state index is -0.408. The van der Waals surface area contributed by atoms with Crippen molar-refractivity contribution in [2.45, 2.75) is 0 Å². The summed E-state index contributed by atoms with van der Waals surface area (Å²) in [5, 5.41) is 3.98. The average molecular weight is 235 g/mol. The van der Waals surface area contributed by atoms with Crippen LogP contribution in [0.3, 0.4) is 0 Å². The number of fused-ring (bicyclic) bond motifs is 1. The number of aromatic nitrogens is 2. The maximum absolute atomic E-state index is 13.9. The van der Waals surface area contributed by atoms with E-state index in [1.165, 1.54) is 16.9 Å². The molecule has 0 bridgehead atoms. The first kappa shape index (κ1) is 9.95. The van der Waals surface area contributed by atoms with Crippen molar-refractivity contribution >= 4 is 5.82 Å². The molecule has 0 unspecified atom stereocenters. The zero-order valence-corrected chi connectivity index (χ0v) is 9.11. The van der Waals surface area contributed by atoms with Gasteiger partial charge in [-0.25, -0.2) is 4.39 Å². The highest BCUT2D eigenvalue weighted by atomic mass is 19.1. The van der Waals surface area contributed by atoms with Gasteiger partial charge < -0.3 is 15.2 Å². The minimum absolute atomic E-state index is 0.112. The lowest BCUT2D eigenvalue weighted by molar-refractivity contribution is 0.174. The molecule has 0 aliphatic carbocycles. The van der Waals surface area contributed by atoms with E-state index >= 15 is 0 Å². The number of nitrogens with zero attached hydrogens (tertiary/aromatic N) is 2. The van der Waals surface area contributed by atoms with E-state index in [0.29, 0.717) is 28.4 Å². The highest BCUT2D eigenvalue weighted by Gasteiger charge is 2.20. The normalized spacial score (nSPS) is 13.1. The molecule has 1 aromatic carbocycles. The lowest BCUT2D eigenvalue weighted by Gasteiger charge is -2.04. The van der Waals surface area contributed by atoms with Crippen LogP contribution < -0.4 is 15.2 Å². The zero-order chi connectivity index (χ0) is 12.0. The predicted octanol–water partition coefficient (Wildman–Crippen LogP) is 1.54. The molecule has 0 saturated carbocycles. The summed E-state index contributed by atoms with van der Waals surface area (Å²) in [7, 11) is 1.70. The Balaban J connectivity index is 2.18. The number of halogens is 1. The Bertz CT molecular complexity index is 595. The van der Waals surface area contributed by atoms with Crippen molar-refractivity contribution in [1.29, 1.82) is 0 Å². The van der Waals surface area contributed by atoms with Gasteiger partial charge in [-0.3, -0.25) is 4.68 Å². The molecule has 1 aliphatic heterocycles. The summed E-state index contributed by atoms with van der Waals surface area (Å²) in [6, 6.07) is 2.87. The maximum atomic E-state index is 13.9. The van der Waals surface area contributed by atoms with Crippen molar-refractivity contribution in [2.75, 3.05) is 12.5 Å². The van der Waals surface area contributed by atoms with Gasteiger partial charge in [0.1, 0.15) is 11.6 Å². The van der Waals surface area contributed by atoms with Crippen LogP contribution in [0.25, 0.3) is 11.1 Å². The van der Waals surface area contributed by atoms with Crippen LogP contribution in [0.15, 0.2) is 18.3 Å². The molecule has 0 amide bonds. The Kier molecular flexibility index (Phi) is 1.98. The largest absolute Gasteiger partial charge is 0.454 e. The molecule has 2 heterocycles. The van der Waals surface area contributed by atoms with Crippen molar-refractivity contribution in [1.82, 2.24) is 9.78 Å². The van der Waals surface area contributed by atoms with E-state index in [2.05, 4.69) is 5.10 Å². The van der Waals surface area contributed by atoms with Crippen molar-refractivity contribution in [3.8, 4) is 22.6 Å². The van der Waals surface area contributed by atoms with Gasteiger partial charge in [0, 0.05) is 24.2 Å². The number of hydrogen-bond donors (Lipinski definition) is 1. The van der Waals surface area contributed by atoms with Gasteiger partial charge >= 0.3 is 0 Å². The molecule has 17 heavy (non-hydrogen) atoms. The maximum Gasteiger partial charge on any atom is 0.231 e. The summed E-state index contributed by atoms with van der Waals surface area (Å²) in [4.78, 5) is 0. The third-order valence-corrected chi connectivity index (χ3v) is 2.74. The number of benzene rings is 1. The zero-order valence-electron chi connectivity index (χ0n) is 9.11. The van der Waals surface area contributed by atoms with E-state index in [4.69, 9.17) is 15.2 Å². The molecule has 0 atom stereocenters. The van der Waals surface area contributed by atoms with E-state index in [1.54, 1.807) is 13.1 Å². The van der Waals surface area contributed by atoms with E-state index in [-0.39, 0.29) is 6.79 Å². The van der Waals surface area contributed by atoms with Gasteiger partial charge in [-0.1, -0.05) is 0 Å². The van der Waals surface area contributed by atoms with Gasteiger partial charge in [0.05, 0.1) is 6.20 Å². The summed E-state index contributed by atoms with van der Waals surface area (Å²) in [6.07, 6.45) is 1.52. The van der Waals surface area contributed by atoms with E-state index in [1.807, 2.05) is 0 Å². The summed E-state index contributed by atoms with van der Waals surface area (Å²) < 4.78 is 25.7. The third-order valence-electron chi connectivity index (χ3n) is 2.74. The lowest BCUT2D eigenvalue weighted by Crippen LogP contribution is -1.98. The van der Waals surface area contributed by atoms with Crippen LogP contribution in [0.4, 0.5) is 10.2 Å². The first-order valence-corrected chi connectivity index (χ1v) is 5.04. The van der Waals surface area contributed by atoms with Crippen molar-refractivity contribution in [3.05, 3.63) is 24.1 Å². The number of anilines is 1. The second-order valence-electron chi connectivity index (χ2n) is 3.75. The molecule has 3 rings (SSSR count). The standard InChI is InChI=1S/C11H10FN3O2/c1-15-11(13)7(4-14-15)6-2-9-10(3-8(6)12)17-5-16-9/h2-4H,5,13H2,1H3. The second-order valence-corrected chi connectivity index (χ2v) is 3.75. The van der Waals surface area contributed by atoms with Crippen molar-refractivity contribution in [2.24, 2.45) is 7.05 Å². The summed E-state index contributed by atoms with van der Waals surface area (Å²) in [5.41, 5.74) is 6.72. The summed E-state index contributed by atoms with van der Waals surface area (Å²) in [5.74, 6) is 0.926. The van der Waals surface area contributed by atoms with Crippen LogP contribution in [0, 0.1) is 5.82 Å². The molecule has 5 nitrogen and oxygen atoms in total. The fourth-order valence-electron chi connectivity index (χ4n) is 1.78. The van der Waals surface area contributed by atoms with Gasteiger partial charge in [-0.15, -0.1) is 0 Å². The van der Waals surface area contributed by atoms with Gasteiger partial charge in [0.2, 0.25) is 6.79 Å². The number of rotatable bonds is 1. The Hall–Kier alpha value is -2.24. The lowest BCUT2D eigenvalue weighted by atomic mass is 10.1. The third kappa shape index (κ3) is 1.41. The van der Waals surface area contributed by atoms with Crippen LogP contribution in [-0.4, -0.2) is 16.6 Å². The van der Waals surface area contributed by atoms with Gasteiger partial charge in [-0.05, 0) is 6.07 Å². The Morgan fingerprint density at radius 3 is 2.65 bits per heavy atom. The Labute approximate surface area is 96.6 Å². The molecule has 2 N–H and O–H groups in total. The van der Waals surface area contributed by atoms with E-state index in [9.17, 15) is 4.39 Å². The van der Waals surface area contributed by atoms with Crippen LogP contribution in [0.5, 0.6) is 11.5 Å². The molecule has 0 spiro atoms. The highest BCUT2D eigenvalue weighted by molar-refractivity contribution is 5.76. The van der Waals surface area contributed by atoms with E-state index < -0.39 is 5.82 Å². The monoisotopic (exact) mass is 235 g/mol. The quantitative estimate of drug-likeness (QED) is 0.814. The van der Waals surface area contributed by atoms with Crippen LogP contribution in [-0.2, 0) is 7.05 Å². The number of nitrogen functional groups attached to an aromatic ring is 1. The Morgan fingerprint density at radius 2 is 2.00 bits per heavy atom. The molecule has 0 fully saturated rings. The van der Waals surface area contributed by atoms with Crippen LogP contribution in [0.2, 0.25) is 0 Å². The fraction of sp³-hybridized carbons (Fsp3) is 0.182. The average Bonchev–Trinajstić information content (AvgIpc) is 2.86. The van der Waals surface area contributed by atoms with Crippen molar-refractivity contribution < 1.29 is 13.9 Å². The molecular weight excluding hydrogens is 225 g/mol. The molecule has 0 saturated heterocycles. The van der Waals surface area contributed by atoms with Crippen LogP contribution in [0.1, 0.15) is 0 Å². The number of nitrogens with two attached hydrogens (primary N) is 1. The van der Waals surface area contributed by atoms with Crippen molar-refractivity contribution in [3.63, 3.8) is 0 Å². The summed E-state index contributed by atoms with van der Waals surface area (Å²) >= 11 is 0. The first-order valence-electron chi connectivity index (χ1n) is 5.04. The number of aryl methyl sites for hydroxylation is 1. The fourth-order valence-corrected chi connectivity index (χ4v) is 1.78. The first-order chi connectivity index (χ1) is 8.16. The molecule has 88 valence electrons. The molecule has 2 aromatic rings. The predicted molar refractivity (Wildman–Crippen MR) is 59.1 cm³/mol. The summed E-state index contributed by atoms with van der Waals surface area (Å²) in [6.45, 7) is 0.112. The minimum Gasteiger partial charge on any atom is -0.454 e. The molecule has 0 radical (unpaired) electrons. The Morgan fingerprint density at radius 1 is 1.29 bits per heavy atom. The van der Waals surface area contributed by atoms with Crippen LogP contribution >= 0.6 is 0 Å². The van der Waals surface area contributed by atoms with Gasteiger partial charge in [0.25, 0.3) is 0 Å². The highest BCUT2D eigenvalue weighted by Crippen LogP contribution is 2.39. The van der Waals surface area contributed by atoms with Gasteiger partial charge in [0.15, 0.2) is 11.5 Å². The molecular formula is C11H10FN3O2. The molecule has 1 aromatic heterocycles. The number of ether oxygens (including phenoxy) is 2. The number of hydrogen-bond acceptors (Lipinski definition) is 4.